The van der Waals surface area contributed by atoms with E-state index in [1.807, 2.05) is 0 Å². The van der Waals surface area contributed by atoms with Crippen LogP contribution in [0, 0.1) is 5.82 Å². The second kappa shape index (κ2) is 8.75. The summed E-state index contributed by atoms with van der Waals surface area (Å²) >= 11 is 0. The zero-order valence-corrected chi connectivity index (χ0v) is 15.4. The Morgan fingerprint density at radius 2 is 1.55 bits per heavy atom. The van der Waals surface area contributed by atoms with E-state index in [-0.39, 0.29) is 22.9 Å². The molecule has 2 aromatic carbocycles. The summed E-state index contributed by atoms with van der Waals surface area (Å²) in [5, 5.41) is 7.73. The van der Waals surface area contributed by atoms with Crippen LogP contribution in [0.25, 0.3) is 0 Å². The predicted octanol–water partition coefficient (Wildman–Crippen LogP) is 3.68. The number of benzene rings is 2. The van der Waals surface area contributed by atoms with Crippen LogP contribution in [-0.4, -0.2) is 22.7 Å². The molecule has 3 aromatic rings. The number of carbonyl (C=O) groups excluding carboxylic acids is 3. The third kappa shape index (κ3) is 5.23. The molecular formula is C21H17FN4O3. The molecule has 0 saturated carbocycles. The van der Waals surface area contributed by atoms with Crippen molar-refractivity contribution >= 4 is 34.8 Å². The molecule has 29 heavy (non-hydrogen) atoms. The number of halogens is 1. The molecule has 0 unspecified atom stereocenters. The number of carbonyl (C=O) groups is 3. The molecule has 0 aliphatic carbocycles. The smallest absolute Gasteiger partial charge is 0.274 e. The fourth-order valence-electron chi connectivity index (χ4n) is 2.53. The van der Waals surface area contributed by atoms with E-state index in [2.05, 4.69) is 20.9 Å². The number of anilines is 3. The summed E-state index contributed by atoms with van der Waals surface area (Å²) in [7, 11) is 0. The van der Waals surface area contributed by atoms with Crippen LogP contribution in [0.1, 0.15) is 27.8 Å². The largest absolute Gasteiger partial charge is 0.326 e. The van der Waals surface area contributed by atoms with Crippen LogP contribution >= 0.6 is 0 Å². The van der Waals surface area contributed by atoms with Crippen molar-refractivity contribution in [2.24, 2.45) is 0 Å². The number of hydrogen-bond acceptors (Lipinski definition) is 4. The van der Waals surface area contributed by atoms with E-state index in [4.69, 9.17) is 0 Å². The fourth-order valence-corrected chi connectivity index (χ4v) is 2.53. The minimum atomic E-state index is -0.570. The second-order valence-electron chi connectivity index (χ2n) is 6.08. The average Bonchev–Trinajstić information content (AvgIpc) is 2.69. The van der Waals surface area contributed by atoms with E-state index >= 15 is 0 Å². The number of nitrogens with one attached hydrogen (secondary N) is 3. The van der Waals surface area contributed by atoms with Crippen molar-refractivity contribution in [2.75, 3.05) is 16.0 Å². The second-order valence-corrected chi connectivity index (χ2v) is 6.08. The summed E-state index contributed by atoms with van der Waals surface area (Å²) in [6.45, 7) is 1.38. The van der Waals surface area contributed by atoms with Crippen LogP contribution in [0.2, 0.25) is 0 Å². The maximum atomic E-state index is 13.7. The molecule has 3 N–H and O–H groups in total. The number of hydrogen-bond donors (Lipinski definition) is 3. The third-order valence-electron chi connectivity index (χ3n) is 3.82. The molecule has 0 fully saturated rings. The number of nitrogens with zero attached hydrogens (tertiary/aromatic N) is 1. The number of pyridine rings is 1. The molecule has 0 radical (unpaired) electrons. The van der Waals surface area contributed by atoms with Crippen molar-refractivity contribution in [1.82, 2.24) is 4.98 Å². The van der Waals surface area contributed by atoms with Gasteiger partial charge in [0, 0.05) is 30.1 Å². The third-order valence-corrected chi connectivity index (χ3v) is 3.82. The Morgan fingerprint density at radius 3 is 2.28 bits per heavy atom. The Hall–Kier alpha value is -4.07. The zero-order valence-electron chi connectivity index (χ0n) is 15.4. The van der Waals surface area contributed by atoms with Gasteiger partial charge in [-0.15, -0.1) is 0 Å². The van der Waals surface area contributed by atoms with Gasteiger partial charge in [0.05, 0.1) is 5.69 Å². The van der Waals surface area contributed by atoms with Gasteiger partial charge < -0.3 is 16.0 Å². The lowest BCUT2D eigenvalue weighted by molar-refractivity contribution is -0.114. The Labute approximate surface area is 166 Å². The Bertz CT molecular complexity index is 1080. The number of rotatable bonds is 5. The quantitative estimate of drug-likeness (QED) is 0.617. The topological polar surface area (TPSA) is 100 Å². The lowest BCUT2D eigenvalue weighted by Crippen LogP contribution is -2.17. The lowest BCUT2D eigenvalue weighted by atomic mass is 10.2. The van der Waals surface area contributed by atoms with Gasteiger partial charge in [-0.25, -0.2) is 4.39 Å². The monoisotopic (exact) mass is 392 g/mol. The predicted molar refractivity (Wildman–Crippen MR) is 107 cm³/mol. The van der Waals surface area contributed by atoms with Crippen LogP contribution in [0.3, 0.4) is 0 Å². The SMILES string of the molecule is CC(=O)Nc1cccc(NC(=O)c2cc(C(=O)Nc3ccccc3F)ccn2)c1. The highest BCUT2D eigenvalue weighted by molar-refractivity contribution is 6.08. The minimum Gasteiger partial charge on any atom is -0.326 e. The summed E-state index contributed by atoms with van der Waals surface area (Å²) < 4.78 is 13.7. The molecule has 0 spiro atoms. The van der Waals surface area contributed by atoms with Gasteiger partial charge in [0.25, 0.3) is 11.8 Å². The lowest BCUT2D eigenvalue weighted by Gasteiger charge is -2.09. The van der Waals surface area contributed by atoms with Crippen molar-refractivity contribution in [3.8, 4) is 0 Å². The standard InChI is InChI=1S/C21H17FN4O3/c1-13(27)24-15-5-4-6-16(12-15)25-21(29)19-11-14(9-10-23-19)20(28)26-18-8-3-2-7-17(18)22/h2-12H,1H3,(H,24,27)(H,25,29)(H,26,28). The molecule has 0 aliphatic heterocycles. The van der Waals surface area contributed by atoms with Crippen molar-refractivity contribution in [3.63, 3.8) is 0 Å². The van der Waals surface area contributed by atoms with Crippen molar-refractivity contribution in [2.45, 2.75) is 6.92 Å². The molecule has 0 atom stereocenters. The molecule has 1 heterocycles. The van der Waals surface area contributed by atoms with Gasteiger partial charge >= 0.3 is 0 Å². The first-order chi connectivity index (χ1) is 13.9. The Kier molecular flexibility index (Phi) is 5.94. The first kappa shape index (κ1) is 19.7. The molecule has 3 rings (SSSR count). The Morgan fingerprint density at radius 1 is 0.828 bits per heavy atom. The van der Waals surface area contributed by atoms with Crippen LogP contribution in [0.4, 0.5) is 21.5 Å². The van der Waals surface area contributed by atoms with Gasteiger partial charge in [-0.05, 0) is 42.5 Å². The van der Waals surface area contributed by atoms with E-state index < -0.39 is 17.6 Å². The molecular weight excluding hydrogens is 375 g/mol. The molecule has 8 heteroatoms. The van der Waals surface area contributed by atoms with Gasteiger partial charge in [-0.3, -0.25) is 19.4 Å². The number of amides is 3. The number of aromatic nitrogens is 1. The normalized spacial score (nSPS) is 10.1. The van der Waals surface area contributed by atoms with E-state index in [0.717, 1.165) is 0 Å². The summed E-state index contributed by atoms with van der Waals surface area (Å²) in [4.78, 5) is 40.0. The Balaban J connectivity index is 1.73. The first-order valence-electron chi connectivity index (χ1n) is 8.63. The fraction of sp³-hybridized carbons (Fsp3) is 0.0476. The van der Waals surface area contributed by atoms with Crippen LogP contribution in [0.5, 0.6) is 0 Å². The summed E-state index contributed by atoms with van der Waals surface area (Å²) in [6, 6.07) is 15.1. The minimum absolute atomic E-state index is 0.0103. The molecule has 3 amide bonds. The van der Waals surface area contributed by atoms with Crippen molar-refractivity contribution in [1.29, 1.82) is 0 Å². The summed E-state index contributed by atoms with van der Waals surface area (Å²) in [5.74, 6) is -1.90. The van der Waals surface area contributed by atoms with Crippen LogP contribution < -0.4 is 16.0 Å². The van der Waals surface area contributed by atoms with Gasteiger partial charge in [-0.2, -0.15) is 0 Å². The average molecular weight is 392 g/mol. The van der Waals surface area contributed by atoms with Crippen LogP contribution in [-0.2, 0) is 4.79 Å². The highest BCUT2D eigenvalue weighted by Crippen LogP contribution is 2.17. The summed E-state index contributed by atoms with van der Waals surface area (Å²) in [5.41, 5.74) is 1.18. The van der Waals surface area contributed by atoms with E-state index in [0.29, 0.717) is 11.4 Å². The molecule has 146 valence electrons. The van der Waals surface area contributed by atoms with Crippen molar-refractivity contribution in [3.05, 3.63) is 83.9 Å². The highest BCUT2D eigenvalue weighted by Gasteiger charge is 2.14. The molecule has 7 nitrogen and oxygen atoms in total. The molecule has 0 saturated heterocycles. The maximum absolute atomic E-state index is 13.7. The molecule has 1 aromatic heterocycles. The van der Waals surface area contributed by atoms with E-state index in [1.165, 1.54) is 43.5 Å². The van der Waals surface area contributed by atoms with E-state index in [9.17, 15) is 18.8 Å². The van der Waals surface area contributed by atoms with Crippen LogP contribution in [0.15, 0.2) is 66.9 Å². The zero-order chi connectivity index (χ0) is 20.8. The first-order valence-corrected chi connectivity index (χ1v) is 8.63. The summed E-state index contributed by atoms with van der Waals surface area (Å²) in [6.07, 6.45) is 1.32. The van der Waals surface area contributed by atoms with Crippen molar-refractivity contribution < 1.29 is 18.8 Å². The highest BCUT2D eigenvalue weighted by atomic mass is 19.1. The van der Waals surface area contributed by atoms with Gasteiger partial charge in [0.15, 0.2) is 0 Å². The van der Waals surface area contributed by atoms with E-state index in [1.54, 1.807) is 30.3 Å². The van der Waals surface area contributed by atoms with Gasteiger partial charge in [-0.1, -0.05) is 18.2 Å². The molecule has 0 aliphatic rings. The maximum Gasteiger partial charge on any atom is 0.274 e. The van der Waals surface area contributed by atoms with Gasteiger partial charge in [0.1, 0.15) is 11.5 Å². The molecule has 0 bridgehead atoms. The number of para-hydroxylation sites is 1. The van der Waals surface area contributed by atoms with Gasteiger partial charge in [0.2, 0.25) is 5.91 Å².